The molecule has 0 unspecified atom stereocenters. The molecule has 6 nitrogen and oxygen atoms in total. The number of nitrogens with zero attached hydrogens (tertiary/aromatic N) is 3. The van der Waals surface area contributed by atoms with E-state index in [1.165, 1.54) is 12.1 Å². The van der Waals surface area contributed by atoms with Crippen LogP contribution in [0, 0.1) is 0 Å². The Morgan fingerprint density at radius 2 is 1.72 bits per heavy atom. The van der Waals surface area contributed by atoms with Gasteiger partial charge in [0.25, 0.3) is 5.91 Å². The molecule has 1 aromatic carbocycles. The summed E-state index contributed by atoms with van der Waals surface area (Å²) in [5, 5.41) is 0. The predicted octanol–water partition coefficient (Wildman–Crippen LogP) is 4.63. The number of unbranched alkanes of at least 4 members (excludes halogenated alkanes) is 1. The number of nitrogens with two attached hydrogens (primary N) is 1. The summed E-state index contributed by atoms with van der Waals surface area (Å²) >= 11 is 0. The minimum Gasteiger partial charge on any atom is -0.378 e. The number of morpholine rings is 1. The van der Waals surface area contributed by atoms with Crippen molar-refractivity contribution >= 4 is 17.3 Å². The number of carbonyl (C=O) groups excluding carboxylic acids is 1. The van der Waals surface area contributed by atoms with Crippen LogP contribution in [-0.4, -0.2) is 63.0 Å². The molecule has 0 radical (unpaired) electrons. The summed E-state index contributed by atoms with van der Waals surface area (Å²) in [5.41, 5.74) is 10.2. The molecule has 2 aliphatic heterocycles. The lowest BCUT2D eigenvalue weighted by Crippen LogP contribution is -2.36. The van der Waals surface area contributed by atoms with E-state index in [1.807, 2.05) is 13.8 Å². The third-order valence-corrected chi connectivity index (χ3v) is 5.13. The van der Waals surface area contributed by atoms with Crippen molar-refractivity contribution in [2.24, 2.45) is 10.7 Å². The van der Waals surface area contributed by atoms with Gasteiger partial charge in [-0.2, -0.15) is 0 Å². The SMILES string of the molecule is CC.CCC.CCCCN(C)CC1=C(C(N)=O)N=C(c2ccc(N3CCOCC3)cc2)C1. The van der Waals surface area contributed by atoms with E-state index in [-0.39, 0.29) is 0 Å². The first-order chi connectivity index (χ1) is 15.5. The Kier molecular flexibility index (Phi) is 13.6. The van der Waals surface area contributed by atoms with Gasteiger partial charge in [0.05, 0.1) is 18.9 Å². The minimum absolute atomic E-state index is 0.436. The molecule has 0 saturated carbocycles. The van der Waals surface area contributed by atoms with Gasteiger partial charge in [0, 0.05) is 31.7 Å². The quantitative estimate of drug-likeness (QED) is 0.635. The summed E-state index contributed by atoms with van der Waals surface area (Å²) in [6.07, 6.45) is 4.24. The number of hydrogen-bond donors (Lipinski definition) is 1. The first kappa shape index (κ1) is 27.9. The molecule has 1 fully saturated rings. The maximum absolute atomic E-state index is 11.9. The highest BCUT2D eigenvalue weighted by Crippen LogP contribution is 2.26. The van der Waals surface area contributed by atoms with E-state index in [2.05, 4.69) is 66.9 Å². The highest BCUT2D eigenvalue weighted by molar-refractivity contribution is 6.09. The average Bonchev–Trinajstić information content (AvgIpc) is 3.24. The Hall–Kier alpha value is -2.18. The van der Waals surface area contributed by atoms with Crippen molar-refractivity contribution in [3.8, 4) is 0 Å². The van der Waals surface area contributed by atoms with Gasteiger partial charge in [-0.3, -0.25) is 4.79 Å². The highest BCUT2D eigenvalue weighted by atomic mass is 16.5. The van der Waals surface area contributed by atoms with Crippen molar-refractivity contribution in [3.05, 3.63) is 41.1 Å². The Morgan fingerprint density at radius 3 is 2.25 bits per heavy atom. The number of benzene rings is 1. The smallest absolute Gasteiger partial charge is 0.267 e. The van der Waals surface area contributed by atoms with Crippen molar-refractivity contribution in [2.45, 2.75) is 60.3 Å². The molecule has 3 rings (SSSR count). The predicted molar refractivity (Wildman–Crippen MR) is 137 cm³/mol. The fraction of sp³-hybridized carbons (Fsp3) is 0.615. The minimum atomic E-state index is -0.436. The molecule has 0 spiro atoms. The van der Waals surface area contributed by atoms with Crippen LogP contribution in [0.15, 0.2) is 40.5 Å². The lowest BCUT2D eigenvalue weighted by atomic mass is 10.0. The van der Waals surface area contributed by atoms with Gasteiger partial charge in [-0.1, -0.05) is 59.6 Å². The molecule has 1 aromatic rings. The molecular weight excluding hydrogens is 400 g/mol. The van der Waals surface area contributed by atoms with E-state index in [9.17, 15) is 4.79 Å². The fourth-order valence-electron chi connectivity index (χ4n) is 3.59. The summed E-state index contributed by atoms with van der Waals surface area (Å²) < 4.78 is 5.41. The molecule has 2 N–H and O–H groups in total. The summed E-state index contributed by atoms with van der Waals surface area (Å²) in [7, 11) is 2.08. The first-order valence-electron chi connectivity index (χ1n) is 12.2. The number of carbonyl (C=O) groups is 1. The molecule has 2 heterocycles. The Bertz CT molecular complexity index is 735. The lowest BCUT2D eigenvalue weighted by Gasteiger charge is -2.28. The highest BCUT2D eigenvalue weighted by Gasteiger charge is 2.23. The standard InChI is InChI=1S/C21H30N4O2.C3H8.C2H6/c1-3-4-9-24(2)15-17-14-19(23-20(17)21(22)26)16-5-7-18(8-6-16)25-10-12-27-13-11-25;1-3-2;1-2/h5-8H,3-4,9-15H2,1-2H3,(H2,22,26);3H2,1-2H3;1-2H3. The number of anilines is 1. The van der Waals surface area contributed by atoms with Gasteiger partial charge in [0.1, 0.15) is 5.70 Å². The topological polar surface area (TPSA) is 71.2 Å². The van der Waals surface area contributed by atoms with Gasteiger partial charge in [-0.05, 0) is 43.3 Å². The maximum Gasteiger partial charge on any atom is 0.267 e. The average molecular weight is 445 g/mol. The maximum atomic E-state index is 11.9. The number of hydrogen-bond acceptors (Lipinski definition) is 5. The summed E-state index contributed by atoms with van der Waals surface area (Å²) in [6, 6.07) is 8.43. The van der Waals surface area contributed by atoms with Crippen LogP contribution < -0.4 is 10.6 Å². The Morgan fingerprint density at radius 1 is 1.12 bits per heavy atom. The van der Waals surface area contributed by atoms with Crippen molar-refractivity contribution in [1.29, 1.82) is 0 Å². The molecule has 0 bridgehead atoms. The number of primary amides is 1. The van der Waals surface area contributed by atoms with Crippen molar-refractivity contribution < 1.29 is 9.53 Å². The molecule has 2 aliphatic rings. The molecule has 1 amide bonds. The van der Waals surface area contributed by atoms with Crippen LogP contribution in [-0.2, 0) is 9.53 Å². The van der Waals surface area contributed by atoms with Crippen molar-refractivity contribution in [2.75, 3.05) is 51.3 Å². The van der Waals surface area contributed by atoms with Gasteiger partial charge in [0.15, 0.2) is 0 Å². The van der Waals surface area contributed by atoms with Crippen LogP contribution in [0.2, 0.25) is 0 Å². The Labute approximate surface area is 195 Å². The van der Waals surface area contributed by atoms with E-state index in [0.29, 0.717) is 12.1 Å². The van der Waals surface area contributed by atoms with E-state index >= 15 is 0 Å². The van der Waals surface area contributed by atoms with Gasteiger partial charge < -0.3 is 20.3 Å². The fourth-order valence-corrected chi connectivity index (χ4v) is 3.59. The van der Waals surface area contributed by atoms with Crippen LogP contribution in [0.3, 0.4) is 0 Å². The van der Waals surface area contributed by atoms with Crippen LogP contribution >= 0.6 is 0 Å². The zero-order valence-corrected chi connectivity index (χ0v) is 21.1. The van der Waals surface area contributed by atoms with Gasteiger partial charge >= 0.3 is 0 Å². The normalized spacial score (nSPS) is 15.6. The first-order valence-corrected chi connectivity index (χ1v) is 12.2. The third kappa shape index (κ3) is 8.75. The summed E-state index contributed by atoms with van der Waals surface area (Å²) in [5.74, 6) is -0.436. The van der Waals surface area contributed by atoms with E-state index < -0.39 is 5.91 Å². The van der Waals surface area contributed by atoms with E-state index in [1.54, 1.807) is 0 Å². The molecular formula is C26H44N4O2. The lowest BCUT2D eigenvalue weighted by molar-refractivity contribution is -0.114. The monoisotopic (exact) mass is 444 g/mol. The van der Waals surface area contributed by atoms with Crippen LogP contribution in [0.1, 0.15) is 65.9 Å². The van der Waals surface area contributed by atoms with E-state index in [4.69, 9.17) is 10.5 Å². The van der Waals surface area contributed by atoms with Crippen molar-refractivity contribution in [1.82, 2.24) is 4.90 Å². The summed E-state index contributed by atoms with van der Waals surface area (Å²) in [4.78, 5) is 21.0. The van der Waals surface area contributed by atoms with Crippen molar-refractivity contribution in [3.63, 3.8) is 0 Å². The number of likely N-dealkylation sites (N-methyl/N-ethyl adjacent to an activating group) is 1. The number of rotatable bonds is 8. The number of amides is 1. The molecule has 6 heteroatoms. The van der Waals surface area contributed by atoms with Gasteiger partial charge in [-0.15, -0.1) is 0 Å². The second kappa shape index (κ2) is 15.6. The Balaban J connectivity index is 0.000000944. The van der Waals surface area contributed by atoms with Crippen LogP contribution in [0.25, 0.3) is 0 Å². The van der Waals surface area contributed by atoms with E-state index in [0.717, 1.165) is 69.1 Å². The second-order valence-electron chi connectivity index (χ2n) is 8.00. The zero-order valence-electron chi connectivity index (χ0n) is 21.1. The molecule has 0 aromatic heterocycles. The van der Waals surface area contributed by atoms with Gasteiger partial charge in [-0.25, -0.2) is 4.99 Å². The zero-order chi connectivity index (χ0) is 23.9. The van der Waals surface area contributed by atoms with Crippen LogP contribution in [0.4, 0.5) is 5.69 Å². The number of aliphatic imine (C=N–C) groups is 1. The molecule has 0 atom stereocenters. The second-order valence-corrected chi connectivity index (χ2v) is 8.00. The number of ether oxygens (including phenoxy) is 1. The molecule has 0 aliphatic carbocycles. The van der Waals surface area contributed by atoms with Gasteiger partial charge in [0.2, 0.25) is 0 Å². The molecule has 1 saturated heterocycles. The van der Waals surface area contributed by atoms with Crippen LogP contribution in [0.5, 0.6) is 0 Å². The third-order valence-electron chi connectivity index (χ3n) is 5.13. The largest absolute Gasteiger partial charge is 0.378 e. The molecule has 180 valence electrons. The summed E-state index contributed by atoms with van der Waals surface area (Å²) in [6.45, 7) is 15.6. The molecule has 32 heavy (non-hydrogen) atoms.